The van der Waals surface area contributed by atoms with Crippen LogP contribution >= 0.6 is 0 Å². The Bertz CT molecular complexity index is 429. The first-order valence-corrected chi connectivity index (χ1v) is 4.40. The number of esters is 1. The van der Waals surface area contributed by atoms with Crippen molar-refractivity contribution < 1.29 is 14.3 Å². The predicted octanol–water partition coefficient (Wildman–Crippen LogP) is 0.475. The maximum Gasteiger partial charge on any atom is 0.337 e. The van der Waals surface area contributed by atoms with Crippen molar-refractivity contribution in [1.29, 1.82) is 0 Å². The number of hydrazone groups is 1. The SMILES string of the molecule is COC(=O)c1cccc(C=NNC(N)=O)c1. The van der Waals surface area contributed by atoms with Crippen LogP contribution in [0.2, 0.25) is 0 Å². The molecule has 0 aliphatic rings. The lowest BCUT2D eigenvalue weighted by atomic mass is 10.1. The third kappa shape index (κ3) is 3.41. The summed E-state index contributed by atoms with van der Waals surface area (Å²) >= 11 is 0. The van der Waals surface area contributed by atoms with Crippen molar-refractivity contribution in [1.82, 2.24) is 5.43 Å². The van der Waals surface area contributed by atoms with Gasteiger partial charge in [-0.3, -0.25) is 0 Å². The molecule has 0 aromatic heterocycles. The number of nitrogens with zero attached hydrogens (tertiary/aromatic N) is 1. The molecule has 1 aromatic carbocycles. The van der Waals surface area contributed by atoms with Gasteiger partial charge < -0.3 is 10.5 Å². The molecule has 6 nitrogen and oxygen atoms in total. The van der Waals surface area contributed by atoms with Crippen LogP contribution in [-0.2, 0) is 4.74 Å². The van der Waals surface area contributed by atoms with Gasteiger partial charge in [0, 0.05) is 0 Å². The number of amides is 2. The zero-order valence-corrected chi connectivity index (χ0v) is 8.64. The normalized spacial score (nSPS) is 10.1. The van der Waals surface area contributed by atoms with Crippen LogP contribution in [0.3, 0.4) is 0 Å². The molecule has 0 aliphatic carbocycles. The smallest absolute Gasteiger partial charge is 0.337 e. The minimum Gasteiger partial charge on any atom is -0.465 e. The third-order valence-corrected chi connectivity index (χ3v) is 1.70. The number of urea groups is 1. The van der Waals surface area contributed by atoms with Crippen LogP contribution in [0.4, 0.5) is 4.79 Å². The summed E-state index contributed by atoms with van der Waals surface area (Å²) < 4.78 is 4.56. The molecule has 0 bridgehead atoms. The number of hydrogen-bond donors (Lipinski definition) is 2. The average Bonchev–Trinajstić information content (AvgIpc) is 2.28. The van der Waals surface area contributed by atoms with Gasteiger partial charge in [-0.05, 0) is 17.7 Å². The van der Waals surface area contributed by atoms with E-state index in [0.717, 1.165) is 0 Å². The Labute approximate surface area is 92.1 Å². The Hall–Kier alpha value is -2.37. The molecule has 2 amide bonds. The van der Waals surface area contributed by atoms with Crippen LogP contribution in [0.15, 0.2) is 29.4 Å². The fraction of sp³-hybridized carbons (Fsp3) is 0.100. The Morgan fingerprint density at radius 1 is 1.50 bits per heavy atom. The first-order valence-electron chi connectivity index (χ1n) is 4.40. The topological polar surface area (TPSA) is 93.8 Å². The molecule has 3 N–H and O–H groups in total. The van der Waals surface area contributed by atoms with Gasteiger partial charge >= 0.3 is 12.0 Å². The molecule has 1 rings (SSSR count). The van der Waals surface area contributed by atoms with Gasteiger partial charge in [0.2, 0.25) is 0 Å². The Balaban J connectivity index is 2.78. The minimum atomic E-state index is -0.750. The second-order valence-corrected chi connectivity index (χ2v) is 2.85. The molecule has 1 aromatic rings. The molecule has 0 spiro atoms. The molecule has 0 aliphatic heterocycles. The fourth-order valence-corrected chi connectivity index (χ4v) is 1.03. The van der Waals surface area contributed by atoms with E-state index in [2.05, 4.69) is 9.84 Å². The van der Waals surface area contributed by atoms with Gasteiger partial charge in [-0.15, -0.1) is 0 Å². The number of hydrogen-bond acceptors (Lipinski definition) is 4. The van der Waals surface area contributed by atoms with Gasteiger partial charge in [0.15, 0.2) is 0 Å². The fourth-order valence-electron chi connectivity index (χ4n) is 1.03. The molecule has 16 heavy (non-hydrogen) atoms. The minimum absolute atomic E-state index is 0.408. The lowest BCUT2D eigenvalue weighted by molar-refractivity contribution is 0.0600. The van der Waals surface area contributed by atoms with Crippen molar-refractivity contribution >= 4 is 18.2 Å². The van der Waals surface area contributed by atoms with E-state index in [4.69, 9.17) is 5.73 Å². The van der Waals surface area contributed by atoms with Crippen LogP contribution in [0, 0.1) is 0 Å². The zero-order valence-electron chi connectivity index (χ0n) is 8.64. The molecule has 84 valence electrons. The second-order valence-electron chi connectivity index (χ2n) is 2.85. The summed E-state index contributed by atoms with van der Waals surface area (Å²) in [6.45, 7) is 0. The number of methoxy groups -OCH3 is 1. The quantitative estimate of drug-likeness (QED) is 0.441. The van der Waals surface area contributed by atoms with Gasteiger partial charge in [-0.1, -0.05) is 12.1 Å². The highest BCUT2D eigenvalue weighted by molar-refractivity contribution is 5.92. The number of ether oxygens (including phenoxy) is 1. The maximum atomic E-state index is 11.2. The summed E-state index contributed by atoms with van der Waals surface area (Å²) in [5.41, 5.74) is 7.92. The van der Waals surface area contributed by atoms with Gasteiger partial charge in [-0.25, -0.2) is 15.0 Å². The third-order valence-electron chi connectivity index (χ3n) is 1.70. The van der Waals surface area contributed by atoms with Gasteiger partial charge in [0.1, 0.15) is 0 Å². The van der Waals surface area contributed by atoms with E-state index in [0.29, 0.717) is 11.1 Å². The average molecular weight is 221 g/mol. The Kier molecular flexibility index (Phi) is 4.02. The molecule has 0 unspecified atom stereocenters. The zero-order chi connectivity index (χ0) is 12.0. The van der Waals surface area contributed by atoms with Gasteiger partial charge in [0.05, 0.1) is 18.9 Å². The largest absolute Gasteiger partial charge is 0.465 e. The van der Waals surface area contributed by atoms with Gasteiger partial charge in [0.25, 0.3) is 0 Å². The highest BCUT2D eigenvalue weighted by Gasteiger charge is 2.04. The lowest BCUT2D eigenvalue weighted by Gasteiger charge is -1.99. The molecular weight excluding hydrogens is 210 g/mol. The molecular formula is C10H11N3O3. The number of carbonyl (C=O) groups is 2. The molecule has 0 fully saturated rings. The number of nitrogens with one attached hydrogen (secondary N) is 1. The molecule has 0 atom stereocenters. The van der Waals surface area contributed by atoms with Crippen molar-refractivity contribution in [2.75, 3.05) is 7.11 Å². The maximum absolute atomic E-state index is 11.2. The summed E-state index contributed by atoms with van der Waals surface area (Å²) in [6.07, 6.45) is 1.37. The Morgan fingerprint density at radius 3 is 2.88 bits per heavy atom. The van der Waals surface area contributed by atoms with Crippen LogP contribution < -0.4 is 11.2 Å². The van der Waals surface area contributed by atoms with E-state index < -0.39 is 12.0 Å². The van der Waals surface area contributed by atoms with E-state index in [1.54, 1.807) is 24.3 Å². The summed E-state index contributed by atoms with van der Waals surface area (Å²) in [6, 6.07) is 5.85. The molecule has 0 saturated heterocycles. The van der Waals surface area contributed by atoms with E-state index in [1.165, 1.54) is 13.3 Å². The van der Waals surface area contributed by atoms with Crippen molar-refractivity contribution in [3.05, 3.63) is 35.4 Å². The van der Waals surface area contributed by atoms with E-state index >= 15 is 0 Å². The summed E-state index contributed by atoms with van der Waals surface area (Å²) in [7, 11) is 1.30. The van der Waals surface area contributed by atoms with E-state index in [9.17, 15) is 9.59 Å². The number of benzene rings is 1. The van der Waals surface area contributed by atoms with E-state index in [1.807, 2.05) is 5.43 Å². The molecule has 6 heteroatoms. The lowest BCUT2D eigenvalue weighted by Crippen LogP contribution is -2.24. The van der Waals surface area contributed by atoms with Crippen LogP contribution in [-0.4, -0.2) is 25.3 Å². The monoisotopic (exact) mass is 221 g/mol. The predicted molar refractivity (Wildman–Crippen MR) is 58.1 cm³/mol. The standard InChI is InChI=1S/C10H11N3O3/c1-16-9(14)8-4-2-3-7(5-8)6-12-13-10(11)15/h2-6H,1H3,(H3,11,13,15). The Morgan fingerprint density at radius 2 is 2.25 bits per heavy atom. The highest BCUT2D eigenvalue weighted by atomic mass is 16.5. The molecule has 0 saturated carbocycles. The molecule has 0 radical (unpaired) electrons. The second kappa shape index (κ2) is 5.50. The highest BCUT2D eigenvalue weighted by Crippen LogP contribution is 2.04. The number of rotatable bonds is 3. The summed E-state index contributed by atoms with van der Waals surface area (Å²) in [4.78, 5) is 21.5. The summed E-state index contributed by atoms with van der Waals surface area (Å²) in [5.74, 6) is -0.432. The van der Waals surface area contributed by atoms with Crippen molar-refractivity contribution in [2.45, 2.75) is 0 Å². The van der Waals surface area contributed by atoms with Crippen molar-refractivity contribution in [2.24, 2.45) is 10.8 Å². The van der Waals surface area contributed by atoms with Crippen LogP contribution in [0.25, 0.3) is 0 Å². The number of primary amides is 1. The first-order chi connectivity index (χ1) is 7.63. The van der Waals surface area contributed by atoms with Crippen LogP contribution in [0.1, 0.15) is 15.9 Å². The van der Waals surface area contributed by atoms with Crippen LogP contribution in [0.5, 0.6) is 0 Å². The van der Waals surface area contributed by atoms with Crippen molar-refractivity contribution in [3.8, 4) is 0 Å². The molecule has 0 heterocycles. The van der Waals surface area contributed by atoms with Crippen molar-refractivity contribution in [3.63, 3.8) is 0 Å². The first kappa shape index (κ1) is 11.7. The number of nitrogens with two attached hydrogens (primary N) is 1. The summed E-state index contributed by atoms with van der Waals surface area (Å²) in [5, 5.41) is 3.57. The number of carbonyl (C=O) groups excluding carboxylic acids is 2. The van der Waals surface area contributed by atoms with Gasteiger partial charge in [-0.2, -0.15) is 5.10 Å². The van der Waals surface area contributed by atoms with E-state index in [-0.39, 0.29) is 0 Å².